The molecule has 5 nitrogen and oxygen atoms in total. The molecule has 0 aliphatic carbocycles. The second-order valence-corrected chi connectivity index (χ2v) is 7.84. The Morgan fingerprint density at radius 2 is 2.00 bits per heavy atom. The van der Waals surface area contributed by atoms with Crippen molar-refractivity contribution in [3.8, 4) is 0 Å². The van der Waals surface area contributed by atoms with Crippen LogP contribution in [0.5, 0.6) is 0 Å². The van der Waals surface area contributed by atoms with Gasteiger partial charge in [-0.25, -0.2) is 4.98 Å². The molecule has 0 spiro atoms. The highest BCUT2D eigenvalue weighted by molar-refractivity contribution is 7.18. The molecule has 0 radical (unpaired) electrons. The quantitative estimate of drug-likeness (QED) is 0.541. The fourth-order valence-corrected chi connectivity index (χ4v) is 4.14. The van der Waals surface area contributed by atoms with Crippen molar-refractivity contribution in [1.82, 2.24) is 15.2 Å². The van der Waals surface area contributed by atoms with E-state index in [4.69, 9.17) is 4.42 Å². The van der Waals surface area contributed by atoms with Crippen molar-refractivity contribution in [3.05, 3.63) is 65.4 Å². The third-order valence-electron chi connectivity index (χ3n) is 4.41. The van der Waals surface area contributed by atoms with Gasteiger partial charge in [-0.3, -0.25) is 9.69 Å². The minimum absolute atomic E-state index is 0.0356. The third-order valence-corrected chi connectivity index (χ3v) is 5.43. The third kappa shape index (κ3) is 4.02. The number of benzene rings is 2. The molecule has 0 bridgehead atoms. The smallest absolute Gasteiger partial charge is 0.234 e. The van der Waals surface area contributed by atoms with Crippen LogP contribution in [0.2, 0.25) is 0 Å². The van der Waals surface area contributed by atoms with E-state index in [0.29, 0.717) is 13.1 Å². The van der Waals surface area contributed by atoms with Gasteiger partial charge in [0.2, 0.25) is 5.91 Å². The van der Waals surface area contributed by atoms with E-state index in [2.05, 4.69) is 16.4 Å². The molecule has 1 amide bonds. The number of nitrogens with zero attached hydrogens (tertiary/aromatic N) is 2. The molecule has 0 fully saturated rings. The molecule has 138 valence electrons. The lowest BCUT2D eigenvalue weighted by molar-refractivity contribution is -0.122. The number of nitrogens with one attached hydrogen (secondary N) is 1. The van der Waals surface area contributed by atoms with Crippen molar-refractivity contribution < 1.29 is 9.21 Å². The molecule has 6 heteroatoms. The molecule has 2 aromatic carbocycles. The van der Waals surface area contributed by atoms with E-state index >= 15 is 0 Å². The van der Waals surface area contributed by atoms with Crippen LogP contribution < -0.4 is 5.32 Å². The molecule has 0 aliphatic rings. The fourth-order valence-electron chi connectivity index (χ4n) is 3.09. The number of fused-ring (bicyclic) bond motifs is 2. The highest BCUT2D eigenvalue weighted by Gasteiger charge is 2.16. The normalized spacial score (nSPS) is 12.7. The number of hydrogen-bond donors (Lipinski definition) is 1. The van der Waals surface area contributed by atoms with Crippen molar-refractivity contribution in [3.63, 3.8) is 0 Å². The SMILES string of the molecule is C[C@H](NC(=O)CN(C)Cc1nc2ccccc2s1)c1cc2ccccc2o1. The van der Waals surface area contributed by atoms with E-state index in [1.807, 2.05) is 67.4 Å². The summed E-state index contributed by atoms with van der Waals surface area (Å²) in [4.78, 5) is 19.0. The molecule has 1 atom stereocenters. The van der Waals surface area contributed by atoms with E-state index < -0.39 is 0 Å². The molecular formula is C21H21N3O2S. The van der Waals surface area contributed by atoms with Crippen molar-refractivity contribution >= 4 is 38.4 Å². The average Bonchev–Trinajstić information content (AvgIpc) is 3.24. The van der Waals surface area contributed by atoms with Gasteiger partial charge in [0.1, 0.15) is 16.4 Å². The zero-order valence-corrected chi connectivity index (χ0v) is 16.1. The minimum atomic E-state index is -0.180. The van der Waals surface area contributed by atoms with E-state index in [-0.39, 0.29) is 11.9 Å². The first-order valence-corrected chi connectivity index (χ1v) is 9.71. The molecule has 4 rings (SSSR count). The van der Waals surface area contributed by atoms with E-state index in [9.17, 15) is 4.79 Å². The van der Waals surface area contributed by atoms with Gasteiger partial charge in [-0.2, -0.15) is 0 Å². The average molecular weight is 379 g/mol. The number of hydrogen-bond acceptors (Lipinski definition) is 5. The molecule has 0 aliphatic heterocycles. The summed E-state index contributed by atoms with van der Waals surface area (Å²) < 4.78 is 7.00. The first kappa shape index (κ1) is 17.7. The summed E-state index contributed by atoms with van der Waals surface area (Å²) in [6, 6.07) is 17.7. The Labute approximate surface area is 161 Å². The van der Waals surface area contributed by atoms with Gasteiger partial charge in [-0.05, 0) is 38.2 Å². The second-order valence-electron chi connectivity index (χ2n) is 6.72. The zero-order valence-electron chi connectivity index (χ0n) is 15.3. The molecule has 0 saturated carbocycles. The Balaban J connectivity index is 1.35. The van der Waals surface area contributed by atoms with Gasteiger partial charge >= 0.3 is 0 Å². The Bertz CT molecular complexity index is 1020. The summed E-state index contributed by atoms with van der Waals surface area (Å²) in [5.74, 6) is 0.727. The molecule has 1 N–H and O–H groups in total. The number of amides is 1. The van der Waals surface area contributed by atoms with E-state index in [0.717, 1.165) is 27.3 Å². The lowest BCUT2D eigenvalue weighted by Gasteiger charge is -2.17. The van der Waals surface area contributed by atoms with Crippen molar-refractivity contribution in [2.45, 2.75) is 19.5 Å². The number of rotatable bonds is 6. The van der Waals surface area contributed by atoms with Crippen LogP contribution in [-0.2, 0) is 11.3 Å². The highest BCUT2D eigenvalue weighted by Crippen LogP contribution is 2.24. The standard InChI is InChI=1S/C21H21N3O2S/c1-14(18-11-15-7-3-5-9-17(15)26-18)22-20(25)12-24(2)13-21-23-16-8-4-6-10-19(16)27-21/h3-11,14H,12-13H2,1-2H3,(H,22,25)/t14-/m0/s1. The number of carbonyl (C=O) groups is 1. The Kier molecular flexibility index (Phi) is 4.92. The summed E-state index contributed by atoms with van der Waals surface area (Å²) in [7, 11) is 1.93. The molecule has 0 unspecified atom stereocenters. The van der Waals surface area contributed by atoms with Crippen molar-refractivity contribution in [2.24, 2.45) is 0 Å². The first-order valence-electron chi connectivity index (χ1n) is 8.89. The monoisotopic (exact) mass is 379 g/mol. The van der Waals surface area contributed by atoms with Crippen LogP contribution >= 0.6 is 11.3 Å². The molecule has 4 aromatic rings. The number of thiazole rings is 1. The van der Waals surface area contributed by atoms with Gasteiger partial charge < -0.3 is 9.73 Å². The van der Waals surface area contributed by atoms with Gasteiger partial charge in [-0.15, -0.1) is 11.3 Å². The largest absolute Gasteiger partial charge is 0.459 e. The molecule has 2 heterocycles. The summed E-state index contributed by atoms with van der Waals surface area (Å²) in [5.41, 5.74) is 1.84. The predicted molar refractivity (Wildman–Crippen MR) is 109 cm³/mol. The lowest BCUT2D eigenvalue weighted by atomic mass is 10.2. The Hall–Kier alpha value is -2.70. The lowest BCUT2D eigenvalue weighted by Crippen LogP contribution is -2.36. The molecule has 27 heavy (non-hydrogen) atoms. The molecule has 0 saturated heterocycles. The van der Waals surface area contributed by atoms with Gasteiger partial charge in [0.05, 0.1) is 29.3 Å². The summed E-state index contributed by atoms with van der Waals surface area (Å²) in [6.45, 7) is 2.88. The maximum Gasteiger partial charge on any atom is 0.234 e. The van der Waals surface area contributed by atoms with E-state index in [1.54, 1.807) is 11.3 Å². The number of para-hydroxylation sites is 2. The topological polar surface area (TPSA) is 58.4 Å². The van der Waals surface area contributed by atoms with Gasteiger partial charge in [-0.1, -0.05) is 30.3 Å². The predicted octanol–water partition coefficient (Wildman–Crippen LogP) is 4.35. The van der Waals surface area contributed by atoms with E-state index in [1.165, 1.54) is 4.70 Å². The minimum Gasteiger partial charge on any atom is -0.459 e. The van der Waals surface area contributed by atoms with Crippen LogP contribution in [0.15, 0.2) is 59.0 Å². The maximum absolute atomic E-state index is 12.4. The van der Waals surface area contributed by atoms with Crippen LogP contribution in [0.1, 0.15) is 23.7 Å². The van der Waals surface area contributed by atoms with Crippen LogP contribution in [0, 0.1) is 0 Å². The Morgan fingerprint density at radius 3 is 2.81 bits per heavy atom. The van der Waals surface area contributed by atoms with Gasteiger partial charge in [0.25, 0.3) is 0 Å². The number of furan rings is 1. The van der Waals surface area contributed by atoms with Crippen LogP contribution in [0.3, 0.4) is 0 Å². The maximum atomic E-state index is 12.4. The zero-order chi connectivity index (χ0) is 18.8. The van der Waals surface area contributed by atoms with Gasteiger partial charge in [0.15, 0.2) is 0 Å². The summed E-state index contributed by atoms with van der Waals surface area (Å²) in [5, 5.41) is 5.06. The summed E-state index contributed by atoms with van der Waals surface area (Å²) >= 11 is 1.67. The highest BCUT2D eigenvalue weighted by atomic mass is 32.1. The van der Waals surface area contributed by atoms with Crippen molar-refractivity contribution in [2.75, 3.05) is 13.6 Å². The number of likely N-dealkylation sites (N-methyl/N-ethyl adjacent to an activating group) is 1. The van der Waals surface area contributed by atoms with Gasteiger partial charge in [0, 0.05) is 5.39 Å². The summed E-state index contributed by atoms with van der Waals surface area (Å²) in [6.07, 6.45) is 0. The van der Waals surface area contributed by atoms with Crippen LogP contribution in [0.4, 0.5) is 0 Å². The Morgan fingerprint density at radius 1 is 1.22 bits per heavy atom. The van der Waals surface area contributed by atoms with Crippen LogP contribution in [-0.4, -0.2) is 29.4 Å². The number of aromatic nitrogens is 1. The van der Waals surface area contributed by atoms with Crippen LogP contribution in [0.25, 0.3) is 21.2 Å². The molecular weight excluding hydrogens is 358 g/mol. The first-order chi connectivity index (χ1) is 13.1. The number of carbonyl (C=O) groups excluding carboxylic acids is 1. The second kappa shape index (κ2) is 7.50. The molecule has 2 aromatic heterocycles. The van der Waals surface area contributed by atoms with Crippen molar-refractivity contribution in [1.29, 1.82) is 0 Å². The fraction of sp³-hybridized carbons (Fsp3) is 0.238.